The lowest BCUT2D eigenvalue weighted by Gasteiger charge is -2.50. The molecule has 0 N–H and O–H groups in total. The van der Waals surface area contributed by atoms with Crippen molar-refractivity contribution in [3.63, 3.8) is 0 Å². The molecule has 0 radical (unpaired) electrons. The van der Waals surface area contributed by atoms with Gasteiger partial charge in [-0.1, -0.05) is 291 Å². The first-order valence-corrected chi connectivity index (χ1v) is 27.9. The minimum absolute atomic E-state index is 0.0616. The van der Waals surface area contributed by atoms with Crippen molar-refractivity contribution in [3.8, 4) is 33.4 Å². The van der Waals surface area contributed by atoms with Crippen LogP contribution in [-0.4, -0.2) is 0 Å². The Labute approximate surface area is 460 Å². The van der Waals surface area contributed by atoms with E-state index in [4.69, 9.17) is 0 Å². The fraction of sp³-hybridized carbons (Fsp3) is 0.103. The SMILES string of the molecule is Cc1c(C(c2cccc(-c3ccccc3)c2)c2cccc(-c3ccccc3)c2)cc(-c2cccc3c2C2c4ccccc4C3C3C=CC=CC23)cc1C(c1ccccc1)c1cccc(C(c2ccccc2)c2ccccc2)c1. The molecule has 78 heavy (non-hydrogen) atoms. The molecule has 0 amide bonds. The van der Waals surface area contributed by atoms with Crippen molar-refractivity contribution in [2.75, 3.05) is 0 Å². The molecule has 372 valence electrons. The third-order valence-corrected chi connectivity index (χ3v) is 17.5. The second-order valence-electron chi connectivity index (χ2n) is 21.8. The van der Waals surface area contributed by atoms with Gasteiger partial charge in [0.05, 0.1) is 0 Å². The number of rotatable bonds is 12. The maximum atomic E-state index is 2.60. The summed E-state index contributed by atoms with van der Waals surface area (Å²) >= 11 is 0. The molecule has 11 aromatic carbocycles. The van der Waals surface area contributed by atoms with Gasteiger partial charge in [-0.3, -0.25) is 0 Å². The third-order valence-electron chi connectivity index (χ3n) is 17.5. The smallest absolute Gasteiger partial charge is 0.0343 e. The Bertz CT molecular complexity index is 3880. The average Bonchev–Trinajstić information content (AvgIpc) is 3.69. The van der Waals surface area contributed by atoms with E-state index in [2.05, 4.69) is 310 Å². The van der Waals surface area contributed by atoms with Crippen LogP contribution in [0.5, 0.6) is 0 Å². The highest BCUT2D eigenvalue weighted by atomic mass is 14.5. The van der Waals surface area contributed by atoms with Gasteiger partial charge < -0.3 is 0 Å². The van der Waals surface area contributed by atoms with Crippen molar-refractivity contribution >= 4 is 0 Å². The molecule has 0 heteroatoms. The first-order chi connectivity index (χ1) is 38.6. The molecule has 0 saturated carbocycles. The molecule has 5 atom stereocenters. The summed E-state index contributed by atoms with van der Waals surface area (Å²) in [5, 5.41) is 0. The van der Waals surface area contributed by atoms with Gasteiger partial charge in [0.15, 0.2) is 0 Å². The number of hydrogen-bond donors (Lipinski definition) is 0. The van der Waals surface area contributed by atoms with E-state index >= 15 is 0 Å². The van der Waals surface area contributed by atoms with Crippen LogP contribution in [0, 0.1) is 18.8 Å². The van der Waals surface area contributed by atoms with E-state index in [0.29, 0.717) is 11.8 Å². The monoisotopic (exact) mass is 996 g/mol. The van der Waals surface area contributed by atoms with Crippen molar-refractivity contribution in [2.24, 2.45) is 11.8 Å². The van der Waals surface area contributed by atoms with Gasteiger partial charge in [0.1, 0.15) is 0 Å². The summed E-state index contributed by atoms with van der Waals surface area (Å²) in [5.74, 6) is 1.18. The molecule has 0 heterocycles. The van der Waals surface area contributed by atoms with E-state index in [-0.39, 0.29) is 29.6 Å². The predicted molar refractivity (Wildman–Crippen MR) is 324 cm³/mol. The maximum absolute atomic E-state index is 2.60. The summed E-state index contributed by atoms with van der Waals surface area (Å²) in [6.07, 6.45) is 9.58. The Hall–Kier alpha value is -9.10. The molecule has 0 spiro atoms. The number of hydrogen-bond acceptors (Lipinski definition) is 0. The summed E-state index contributed by atoms with van der Waals surface area (Å²) in [7, 11) is 0. The molecule has 0 fully saturated rings. The largest absolute Gasteiger partial charge is 0.0799 e. The van der Waals surface area contributed by atoms with Crippen LogP contribution in [-0.2, 0) is 0 Å². The normalized spacial score (nSPS) is 17.1. The van der Waals surface area contributed by atoms with Crippen molar-refractivity contribution in [2.45, 2.75) is 36.5 Å². The van der Waals surface area contributed by atoms with E-state index < -0.39 is 0 Å². The summed E-state index contributed by atoms with van der Waals surface area (Å²) in [4.78, 5) is 0. The molecule has 0 aliphatic heterocycles. The quantitative estimate of drug-likeness (QED) is 0.107. The Kier molecular flexibility index (Phi) is 12.4. The van der Waals surface area contributed by atoms with Gasteiger partial charge >= 0.3 is 0 Å². The Morgan fingerprint density at radius 2 is 0.628 bits per heavy atom. The Balaban J connectivity index is 1.05. The van der Waals surface area contributed by atoms with Crippen molar-refractivity contribution < 1.29 is 0 Å². The van der Waals surface area contributed by atoms with Crippen molar-refractivity contribution in [3.05, 3.63) is 381 Å². The number of allylic oxidation sites excluding steroid dienone is 4. The van der Waals surface area contributed by atoms with Crippen LogP contribution >= 0.6 is 0 Å². The van der Waals surface area contributed by atoms with Crippen LogP contribution in [0.25, 0.3) is 33.4 Å². The third kappa shape index (κ3) is 8.50. The predicted octanol–water partition coefficient (Wildman–Crippen LogP) is 19.5. The highest BCUT2D eigenvalue weighted by Crippen LogP contribution is 2.62. The highest BCUT2D eigenvalue weighted by molar-refractivity contribution is 5.78. The first kappa shape index (κ1) is 47.4. The van der Waals surface area contributed by atoms with Crippen molar-refractivity contribution in [1.29, 1.82) is 0 Å². The molecule has 0 nitrogen and oxygen atoms in total. The second-order valence-corrected chi connectivity index (χ2v) is 21.8. The fourth-order valence-electron chi connectivity index (χ4n) is 14.1. The topological polar surface area (TPSA) is 0 Å². The van der Waals surface area contributed by atoms with Gasteiger partial charge in [0.2, 0.25) is 0 Å². The molecule has 0 aromatic heterocycles. The molecular formula is C78H60. The van der Waals surface area contributed by atoms with Crippen LogP contribution < -0.4 is 0 Å². The molecule has 15 rings (SSSR count). The lowest BCUT2D eigenvalue weighted by Crippen LogP contribution is -2.39. The molecule has 4 aliphatic carbocycles. The lowest BCUT2D eigenvalue weighted by molar-refractivity contribution is 0.332. The lowest BCUT2D eigenvalue weighted by atomic mass is 9.52. The standard InChI is InChI=1S/C78H60/c1-52-71(74(57-33-15-6-16-34-57)63-40-23-37-60(49-63)73(55-29-11-4-12-30-55)56-31-13-5-14-32-56)50-64(65-45-24-46-70-76-66-41-17-19-43-68(66)78(77(65)70)69-44-20-18-42-67(69)76)51-72(52)75(61-38-21-35-58(47-61)53-25-7-2-8-26-53)62-39-22-36-59(48-62)54-27-9-3-10-28-54/h2-51,66,68,73-76,78H,1H3. The second kappa shape index (κ2) is 20.5. The molecule has 4 aliphatic rings. The van der Waals surface area contributed by atoms with Gasteiger partial charge in [-0.15, -0.1) is 0 Å². The highest BCUT2D eigenvalue weighted by Gasteiger charge is 2.49. The van der Waals surface area contributed by atoms with Crippen LogP contribution in [0.1, 0.15) is 107 Å². The van der Waals surface area contributed by atoms with Gasteiger partial charge in [-0.05, 0) is 142 Å². The summed E-state index contributed by atoms with van der Waals surface area (Å²) in [5.41, 5.74) is 26.3. The zero-order valence-electron chi connectivity index (χ0n) is 43.9. The fourth-order valence-corrected chi connectivity index (χ4v) is 14.1. The number of benzene rings is 11. The van der Waals surface area contributed by atoms with Gasteiger partial charge in [-0.25, -0.2) is 0 Å². The van der Waals surface area contributed by atoms with E-state index in [0.717, 1.165) is 0 Å². The molecule has 2 bridgehead atoms. The van der Waals surface area contributed by atoms with E-state index in [1.165, 1.54) is 111 Å². The summed E-state index contributed by atoms with van der Waals surface area (Å²) in [6.45, 7) is 2.42. The van der Waals surface area contributed by atoms with Crippen LogP contribution in [0.15, 0.2) is 303 Å². The van der Waals surface area contributed by atoms with E-state index in [9.17, 15) is 0 Å². The zero-order chi connectivity index (χ0) is 51.9. The van der Waals surface area contributed by atoms with Crippen LogP contribution in [0.4, 0.5) is 0 Å². The first-order valence-electron chi connectivity index (χ1n) is 27.9. The van der Waals surface area contributed by atoms with E-state index in [1.54, 1.807) is 0 Å². The minimum Gasteiger partial charge on any atom is -0.0799 e. The van der Waals surface area contributed by atoms with E-state index in [1.807, 2.05) is 0 Å². The summed E-state index contributed by atoms with van der Waals surface area (Å²) in [6, 6.07) is 105. The average molecular weight is 997 g/mol. The van der Waals surface area contributed by atoms with Gasteiger partial charge in [0.25, 0.3) is 0 Å². The minimum atomic E-state index is -0.105. The summed E-state index contributed by atoms with van der Waals surface area (Å²) < 4.78 is 0. The van der Waals surface area contributed by atoms with Crippen LogP contribution in [0.2, 0.25) is 0 Å². The molecule has 0 saturated heterocycles. The Morgan fingerprint density at radius 3 is 1.15 bits per heavy atom. The van der Waals surface area contributed by atoms with Crippen molar-refractivity contribution in [1.82, 2.24) is 0 Å². The zero-order valence-corrected chi connectivity index (χ0v) is 43.9. The maximum Gasteiger partial charge on any atom is 0.0343 e. The molecule has 5 unspecified atom stereocenters. The van der Waals surface area contributed by atoms with Gasteiger partial charge in [0, 0.05) is 29.6 Å². The molecule has 11 aromatic rings. The van der Waals surface area contributed by atoms with Gasteiger partial charge in [-0.2, -0.15) is 0 Å². The Morgan fingerprint density at radius 1 is 0.269 bits per heavy atom. The molecular weight excluding hydrogens is 937 g/mol. The van der Waals surface area contributed by atoms with Crippen LogP contribution in [0.3, 0.4) is 0 Å².